The minimum Gasteiger partial charge on any atom is -0.330 e. The van der Waals surface area contributed by atoms with E-state index in [1.54, 1.807) is 0 Å². The van der Waals surface area contributed by atoms with Crippen LogP contribution in [0.5, 0.6) is 0 Å². The lowest BCUT2D eigenvalue weighted by molar-refractivity contribution is 0.857. The molecule has 1 rings (SSSR count). The third-order valence-electron chi connectivity index (χ3n) is 1.96. The van der Waals surface area contributed by atoms with Crippen LogP contribution in [0.1, 0.15) is 24.0 Å². The number of benzene rings is 1. The van der Waals surface area contributed by atoms with E-state index >= 15 is 0 Å². The highest BCUT2D eigenvalue weighted by Gasteiger charge is 1.85. The minimum absolute atomic E-state index is 0.776. The van der Waals surface area contributed by atoms with E-state index < -0.39 is 0 Å². The van der Waals surface area contributed by atoms with Gasteiger partial charge in [-0.3, -0.25) is 0 Å². The predicted octanol–water partition coefficient (Wildman–Crippen LogP) is 2.75. The lowest BCUT2D eigenvalue weighted by atomic mass is 10.1. The van der Waals surface area contributed by atoms with Gasteiger partial charge in [0.25, 0.3) is 0 Å². The molecule has 0 unspecified atom stereocenters. The van der Waals surface area contributed by atoms with Gasteiger partial charge in [-0.05, 0) is 31.9 Å². The van der Waals surface area contributed by atoms with Crippen LogP contribution in [-0.4, -0.2) is 6.54 Å². The Kier molecular flexibility index (Phi) is 4.27. The molecule has 0 aromatic heterocycles. The SMILES string of the molecule is Cc1ccc(/C=C/CCCN)cc1. The Labute approximate surface area is 80.3 Å². The number of allylic oxidation sites excluding steroid dienone is 1. The van der Waals surface area contributed by atoms with Gasteiger partial charge in [-0.2, -0.15) is 0 Å². The average Bonchev–Trinajstić information content (AvgIpc) is 2.15. The molecule has 0 saturated carbocycles. The molecule has 0 aliphatic rings. The van der Waals surface area contributed by atoms with Gasteiger partial charge in [-0.15, -0.1) is 0 Å². The van der Waals surface area contributed by atoms with Crippen molar-refractivity contribution >= 4 is 6.08 Å². The Morgan fingerprint density at radius 1 is 1.23 bits per heavy atom. The molecule has 2 N–H and O–H groups in total. The topological polar surface area (TPSA) is 26.0 Å². The minimum atomic E-state index is 0.776. The van der Waals surface area contributed by atoms with Gasteiger partial charge in [-0.1, -0.05) is 42.0 Å². The fraction of sp³-hybridized carbons (Fsp3) is 0.333. The van der Waals surface area contributed by atoms with Crippen LogP contribution in [-0.2, 0) is 0 Å². The predicted molar refractivity (Wildman–Crippen MR) is 58.5 cm³/mol. The zero-order valence-electron chi connectivity index (χ0n) is 8.16. The summed E-state index contributed by atoms with van der Waals surface area (Å²) in [6.07, 6.45) is 6.47. The first kappa shape index (κ1) is 10.0. The second-order valence-corrected chi connectivity index (χ2v) is 3.24. The van der Waals surface area contributed by atoms with Gasteiger partial charge >= 0.3 is 0 Å². The van der Waals surface area contributed by atoms with Crippen molar-refractivity contribution in [2.75, 3.05) is 6.54 Å². The van der Waals surface area contributed by atoms with Crippen molar-refractivity contribution in [2.24, 2.45) is 5.73 Å². The summed E-state index contributed by atoms with van der Waals surface area (Å²) >= 11 is 0. The van der Waals surface area contributed by atoms with Gasteiger partial charge in [0.15, 0.2) is 0 Å². The molecule has 0 fully saturated rings. The molecular weight excluding hydrogens is 158 g/mol. The van der Waals surface area contributed by atoms with Gasteiger partial charge in [0.1, 0.15) is 0 Å². The molecule has 13 heavy (non-hydrogen) atoms. The van der Waals surface area contributed by atoms with Crippen molar-refractivity contribution in [1.29, 1.82) is 0 Å². The Morgan fingerprint density at radius 3 is 2.54 bits per heavy atom. The Hall–Kier alpha value is -1.08. The molecule has 1 heteroatoms. The molecule has 0 spiro atoms. The number of unbranched alkanes of at least 4 members (excludes halogenated alkanes) is 1. The van der Waals surface area contributed by atoms with E-state index in [1.807, 2.05) is 0 Å². The normalized spacial score (nSPS) is 10.9. The maximum absolute atomic E-state index is 5.39. The van der Waals surface area contributed by atoms with Crippen molar-refractivity contribution in [1.82, 2.24) is 0 Å². The van der Waals surface area contributed by atoms with E-state index in [1.165, 1.54) is 11.1 Å². The lowest BCUT2D eigenvalue weighted by Crippen LogP contribution is -1.96. The summed E-state index contributed by atoms with van der Waals surface area (Å²) in [6, 6.07) is 8.52. The van der Waals surface area contributed by atoms with Crippen LogP contribution in [0.25, 0.3) is 6.08 Å². The Balaban J connectivity index is 2.44. The van der Waals surface area contributed by atoms with Gasteiger partial charge in [0, 0.05) is 0 Å². The first-order chi connectivity index (χ1) is 6.33. The zero-order valence-corrected chi connectivity index (χ0v) is 8.16. The first-order valence-electron chi connectivity index (χ1n) is 4.76. The zero-order chi connectivity index (χ0) is 9.52. The van der Waals surface area contributed by atoms with E-state index in [9.17, 15) is 0 Å². The number of hydrogen-bond acceptors (Lipinski definition) is 1. The van der Waals surface area contributed by atoms with E-state index in [2.05, 4.69) is 43.3 Å². The molecule has 1 nitrogen and oxygen atoms in total. The molecule has 0 saturated heterocycles. The van der Waals surface area contributed by atoms with Crippen LogP contribution in [0.3, 0.4) is 0 Å². The van der Waals surface area contributed by atoms with Crippen LogP contribution in [0.4, 0.5) is 0 Å². The summed E-state index contributed by atoms with van der Waals surface area (Å²) in [7, 11) is 0. The molecule has 0 bridgehead atoms. The van der Waals surface area contributed by atoms with Crippen LogP contribution < -0.4 is 5.73 Å². The quantitative estimate of drug-likeness (QED) is 0.700. The second-order valence-electron chi connectivity index (χ2n) is 3.24. The number of nitrogens with two attached hydrogens (primary N) is 1. The van der Waals surface area contributed by atoms with Crippen molar-refractivity contribution in [2.45, 2.75) is 19.8 Å². The third-order valence-corrected chi connectivity index (χ3v) is 1.96. The molecule has 0 amide bonds. The van der Waals surface area contributed by atoms with Crippen molar-refractivity contribution in [3.8, 4) is 0 Å². The molecule has 1 aromatic rings. The van der Waals surface area contributed by atoms with Crippen molar-refractivity contribution < 1.29 is 0 Å². The second kappa shape index (κ2) is 5.55. The number of rotatable bonds is 4. The van der Waals surface area contributed by atoms with Crippen LogP contribution in [0.15, 0.2) is 30.3 Å². The highest BCUT2D eigenvalue weighted by Crippen LogP contribution is 2.05. The fourth-order valence-corrected chi connectivity index (χ4v) is 1.13. The molecule has 70 valence electrons. The molecule has 0 heterocycles. The molecule has 0 aliphatic carbocycles. The summed E-state index contributed by atoms with van der Waals surface area (Å²) < 4.78 is 0. The Morgan fingerprint density at radius 2 is 1.92 bits per heavy atom. The first-order valence-corrected chi connectivity index (χ1v) is 4.76. The summed E-state index contributed by atoms with van der Waals surface area (Å²) in [5.41, 5.74) is 7.96. The number of hydrogen-bond donors (Lipinski definition) is 1. The van der Waals surface area contributed by atoms with Gasteiger partial charge in [-0.25, -0.2) is 0 Å². The van der Waals surface area contributed by atoms with E-state index in [0.29, 0.717) is 0 Å². The molecule has 1 aromatic carbocycles. The van der Waals surface area contributed by atoms with Crippen molar-refractivity contribution in [3.63, 3.8) is 0 Å². The summed E-state index contributed by atoms with van der Waals surface area (Å²) in [6.45, 7) is 2.88. The van der Waals surface area contributed by atoms with Gasteiger partial charge in [0.05, 0.1) is 0 Å². The smallest absolute Gasteiger partial charge is 0.00743 e. The maximum atomic E-state index is 5.39. The summed E-state index contributed by atoms with van der Waals surface area (Å²) in [5, 5.41) is 0. The largest absolute Gasteiger partial charge is 0.330 e. The monoisotopic (exact) mass is 175 g/mol. The van der Waals surface area contributed by atoms with Crippen LogP contribution in [0.2, 0.25) is 0 Å². The molecule has 0 aliphatic heterocycles. The highest BCUT2D eigenvalue weighted by atomic mass is 14.5. The summed E-state index contributed by atoms with van der Waals surface area (Å²) in [5.74, 6) is 0. The summed E-state index contributed by atoms with van der Waals surface area (Å²) in [4.78, 5) is 0. The van der Waals surface area contributed by atoms with Crippen molar-refractivity contribution in [3.05, 3.63) is 41.5 Å². The lowest BCUT2D eigenvalue weighted by Gasteiger charge is -1.94. The molecule has 0 radical (unpaired) electrons. The maximum Gasteiger partial charge on any atom is -0.00743 e. The van der Waals surface area contributed by atoms with E-state index in [4.69, 9.17) is 5.73 Å². The van der Waals surface area contributed by atoms with E-state index in [-0.39, 0.29) is 0 Å². The molecule has 0 atom stereocenters. The highest BCUT2D eigenvalue weighted by molar-refractivity contribution is 5.49. The average molecular weight is 175 g/mol. The van der Waals surface area contributed by atoms with Crippen LogP contribution >= 0.6 is 0 Å². The van der Waals surface area contributed by atoms with Crippen LogP contribution in [0, 0.1) is 6.92 Å². The number of aryl methyl sites for hydroxylation is 1. The standard InChI is InChI=1S/C12H17N/c1-11-6-8-12(9-7-11)5-3-2-4-10-13/h3,5-9H,2,4,10,13H2,1H3/b5-3+. The van der Waals surface area contributed by atoms with Gasteiger partial charge < -0.3 is 5.73 Å². The third kappa shape index (κ3) is 3.90. The van der Waals surface area contributed by atoms with Gasteiger partial charge in [0.2, 0.25) is 0 Å². The van der Waals surface area contributed by atoms with E-state index in [0.717, 1.165) is 19.4 Å². The fourth-order valence-electron chi connectivity index (χ4n) is 1.13. The Bertz CT molecular complexity index is 259. The molecular formula is C12H17N.